The molecule has 0 saturated heterocycles. The maximum absolute atomic E-state index is 12.9. The van der Waals surface area contributed by atoms with Crippen molar-refractivity contribution in [2.45, 2.75) is 46.0 Å². The van der Waals surface area contributed by atoms with Gasteiger partial charge in [-0.2, -0.15) is 23.4 Å². The van der Waals surface area contributed by atoms with Crippen LogP contribution in [0.2, 0.25) is 5.02 Å². The maximum atomic E-state index is 12.9. The summed E-state index contributed by atoms with van der Waals surface area (Å²) >= 11 is 5.70. The van der Waals surface area contributed by atoms with Crippen LogP contribution in [0.25, 0.3) is 0 Å². The molecule has 1 N–H and O–H groups in total. The number of aromatic nitrogens is 4. The van der Waals surface area contributed by atoms with Crippen LogP contribution in [0.1, 0.15) is 36.5 Å². The number of alkyl halides is 3. The minimum Gasteiger partial charge on any atom is -0.354 e. The molecule has 0 radical (unpaired) electrons. The summed E-state index contributed by atoms with van der Waals surface area (Å²) in [5.41, 5.74) is -0.0644. The van der Waals surface area contributed by atoms with Gasteiger partial charge in [0, 0.05) is 25.0 Å². The highest BCUT2D eigenvalue weighted by Crippen LogP contribution is 2.36. The molecule has 2 aromatic rings. The highest BCUT2D eigenvalue weighted by Gasteiger charge is 2.39. The van der Waals surface area contributed by atoms with E-state index in [1.807, 2.05) is 17.7 Å². The fourth-order valence-corrected chi connectivity index (χ4v) is 2.62. The molecule has 0 aliphatic carbocycles. The van der Waals surface area contributed by atoms with Crippen LogP contribution < -0.4 is 5.32 Å². The first kappa shape index (κ1) is 19.3. The van der Waals surface area contributed by atoms with Crippen LogP contribution in [-0.4, -0.2) is 32.0 Å². The normalized spacial score (nSPS) is 13.1. The summed E-state index contributed by atoms with van der Waals surface area (Å²) in [6.45, 7) is 5.81. The van der Waals surface area contributed by atoms with Crippen molar-refractivity contribution in [2.75, 3.05) is 6.54 Å². The van der Waals surface area contributed by atoms with Crippen molar-refractivity contribution in [3.63, 3.8) is 0 Å². The van der Waals surface area contributed by atoms with Crippen LogP contribution in [0.3, 0.4) is 0 Å². The molecule has 0 saturated carbocycles. The Morgan fingerprint density at radius 2 is 2.08 bits per heavy atom. The second-order valence-electron chi connectivity index (χ2n) is 5.71. The van der Waals surface area contributed by atoms with Crippen molar-refractivity contribution < 1.29 is 18.0 Å². The molecule has 25 heavy (non-hydrogen) atoms. The maximum Gasteiger partial charge on any atom is 0.436 e. The number of halogens is 4. The molecule has 0 aromatic carbocycles. The van der Waals surface area contributed by atoms with Gasteiger partial charge in [-0.05, 0) is 33.3 Å². The van der Waals surface area contributed by atoms with Gasteiger partial charge in [0.05, 0.1) is 10.7 Å². The number of carbonyl (C=O) groups excluding carboxylic acids is 1. The smallest absolute Gasteiger partial charge is 0.354 e. The quantitative estimate of drug-likeness (QED) is 0.786. The van der Waals surface area contributed by atoms with E-state index in [-0.39, 0.29) is 5.69 Å². The van der Waals surface area contributed by atoms with Gasteiger partial charge in [0.25, 0.3) is 0 Å². The van der Waals surface area contributed by atoms with Gasteiger partial charge >= 0.3 is 6.18 Å². The predicted octanol–water partition coefficient (Wildman–Crippen LogP) is 3.14. The Hall–Kier alpha value is -2.03. The van der Waals surface area contributed by atoms with E-state index < -0.39 is 28.8 Å². The Labute approximate surface area is 147 Å². The number of nitrogens with zero attached hydrogens (tertiary/aromatic N) is 4. The number of hydrogen-bond acceptors (Lipinski definition) is 3. The van der Waals surface area contributed by atoms with Crippen molar-refractivity contribution in [1.29, 1.82) is 0 Å². The monoisotopic (exact) mass is 377 g/mol. The number of amides is 1. The summed E-state index contributed by atoms with van der Waals surface area (Å²) in [5, 5.41) is 9.81. The van der Waals surface area contributed by atoms with Gasteiger partial charge in [-0.25, -0.2) is 0 Å². The summed E-state index contributed by atoms with van der Waals surface area (Å²) in [6.07, 6.45) is -2.32. The van der Waals surface area contributed by atoms with Gasteiger partial charge in [-0.3, -0.25) is 14.2 Å². The van der Waals surface area contributed by atoms with Crippen LogP contribution in [-0.2, 0) is 17.5 Å². The summed E-state index contributed by atoms with van der Waals surface area (Å²) in [5.74, 6) is -0.423. The van der Waals surface area contributed by atoms with Gasteiger partial charge in [-0.15, -0.1) is 0 Å². The Morgan fingerprint density at radius 3 is 2.60 bits per heavy atom. The van der Waals surface area contributed by atoms with Crippen molar-refractivity contribution >= 4 is 17.5 Å². The Balaban J connectivity index is 1.95. The van der Waals surface area contributed by atoms with Crippen LogP contribution in [0.4, 0.5) is 13.2 Å². The van der Waals surface area contributed by atoms with E-state index in [2.05, 4.69) is 15.5 Å². The molecule has 1 amide bonds. The van der Waals surface area contributed by atoms with Crippen molar-refractivity contribution in [1.82, 2.24) is 24.9 Å². The topological polar surface area (TPSA) is 64.7 Å². The largest absolute Gasteiger partial charge is 0.436 e. The molecule has 1 atom stereocenters. The van der Waals surface area contributed by atoms with Crippen LogP contribution in [0.15, 0.2) is 12.3 Å². The summed E-state index contributed by atoms with van der Waals surface area (Å²) in [6, 6.07) is 0.975. The molecule has 6 nitrogen and oxygen atoms in total. The molecular weight excluding hydrogens is 359 g/mol. The second kappa shape index (κ2) is 7.47. The zero-order valence-corrected chi connectivity index (χ0v) is 14.8. The molecule has 0 fully saturated rings. The summed E-state index contributed by atoms with van der Waals surface area (Å²) in [7, 11) is 0. The van der Waals surface area contributed by atoms with E-state index in [0.29, 0.717) is 19.5 Å². The van der Waals surface area contributed by atoms with E-state index in [9.17, 15) is 18.0 Å². The minimum absolute atomic E-state index is 0.101. The Morgan fingerprint density at radius 1 is 1.40 bits per heavy atom. The fraction of sp³-hybridized carbons (Fsp3) is 0.533. The number of carbonyl (C=O) groups is 1. The lowest BCUT2D eigenvalue weighted by molar-refractivity contribution is -0.141. The number of aryl methyl sites for hydroxylation is 2. The van der Waals surface area contributed by atoms with Crippen molar-refractivity contribution in [3.8, 4) is 0 Å². The molecule has 10 heteroatoms. The van der Waals surface area contributed by atoms with E-state index in [1.165, 1.54) is 13.8 Å². The summed E-state index contributed by atoms with van der Waals surface area (Å²) < 4.78 is 41.4. The molecule has 0 spiro atoms. The lowest BCUT2D eigenvalue weighted by atomic mass is 10.3. The molecule has 1 unspecified atom stereocenters. The average Bonchev–Trinajstić information content (AvgIpc) is 3.07. The highest BCUT2D eigenvalue weighted by molar-refractivity contribution is 6.32. The second-order valence-corrected chi connectivity index (χ2v) is 6.08. The molecule has 0 bridgehead atoms. The molecular formula is C15H19ClF3N5O. The van der Waals surface area contributed by atoms with E-state index in [4.69, 9.17) is 11.6 Å². The molecule has 2 aromatic heterocycles. The Bertz CT molecular complexity index is 753. The van der Waals surface area contributed by atoms with Gasteiger partial charge < -0.3 is 5.32 Å². The van der Waals surface area contributed by atoms with Crippen molar-refractivity contribution in [2.24, 2.45) is 0 Å². The van der Waals surface area contributed by atoms with Crippen LogP contribution in [0.5, 0.6) is 0 Å². The van der Waals surface area contributed by atoms with Crippen LogP contribution >= 0.6 is 11.6 Å². The number of rotatable bonds is 6. The SMILES string of the molecule is Cc1ccnn1CCCNC(=O)C(C)n1nc(C(F)(F)F)c(Cl)c1C. The zero-order chi connectivity index (χ0) is 18.8. The third-order valence-corrected chi connectivity index (χ3v) is 4.32. The van der Waals surface area contributed by atoms with E-state index in [1.54, 1.807) is 6.20 Å². The van der Waals surface area contributed by atoms with Crippen molar-refractivity contribution in [3.05, 3.63) is 34.4 Å². The van der Waals surface area contributed by atoms with Gasteiger partial charge in [0.1, 0.15) is 6.04 Å². The zero-order valence-electron chi connectivity index (χ0n) is 14.1. The molecule has 2 rings (SSSR count). The molecule has 0 aliphatic heterocycles. The van der Waals surface area contributed by atoms with Gasteiger partial charge in [0.2, 0.25) is 5.91 Å². The average molecular weight is 378 g/mol. The van der Waals surface area contributed by atoms with Crippen LogP contribution in [0, 0.1) is 13.8 Å². The number of hydrogen-bond donors (Lipinski definition) is 1. The lowest BCUT2D eigenvalue weighted by Gasteiger charge is -2.14. The fourth-order valence-electron chi connectivity index (χ4n) is 2.39. The molecule has 138 valence electrons. The van der Waals surface area contributed by atoms with Gasteiger partial charge in [0.15, 0.2) is 5.69 Å². The number of nitrogens with one attached hydrogen (secondary N) is 1. The summed E-state index contributed by atoms with van der Waals surface area (Å²) in [4.78, 5) is 12.2. The lowest BCUT2D eigenvalue weighted by Crippen LogP contribution is -2.33. The molecule has 0 aliphatic rings. The third kappa shape index (κ3) is 4.33. The first-order chi connectivity index (χ1) is 11.6. The standard InChI is InChI=1S/C15H19ClF3N5O/c1-9-5-7-21-23(9)8-4-6-20-14(25)11(3)24-10(2)12(16)13(22-24)15(17,18)19/h5,7,11H,4,6,8H2,1-3H3,(H,20,25). The van der Waals surface area contributed by atoms with E-state index in [0.717, 1.165) is 10.4 Å². The predicted molar refractivity (Wildman–Crippen MR) is 86.3 cm³/mol. The Kier molecular flexibility index (Phi) is 5.76. The third-order valence-electron chi connectivity index (χ3n) is 3.87. The molecule has 2 heterocycles. The first-order valence-corrected chi connectivity index (χ1v) is 8.08. The minimum atomic E-state index is -4.66. The first-order valence-electron chi connectivity index (χ1n) is 7.71. The van der Waals surface area contributed by atoms with Gasteiger partial charge in [-0.1, -0.05) is 11.6 Å². The van der Waals surface area contributed by atoms with E-state index >= 15 is 0 Å². The highest BCUT2D eigenvalue weighted by atomic mass is 35.5.